The summed E-state index contributed by atoms with van der Waals surface area (Å²) < 4.78 is 0. The Morgan fingerprint density at radius 2 is 2.25 bits per heavy atom. The number of Topliss-reactive ketones (excluding diaryl/α,β-unsaturated/α-hetero) is 1. The molecule has 62 valence electrons. The summed E-state index contributed by atoms with van der Waals surface area (Å²) in [5.74, 6) is 0.236. The summed E-state index contributed by atoms with van der Waals surface area (Å²) in [7, 11) is 0. The molecule has 1 aromatic rings. The predicted molar refractivity (Wildman–Crippen MR) is 43.2 cm³/mol. The maximum absolute atomic E-state index is 11.3. The van der Waals surface area contributed by atoms with Crippen molar-refractivity contribution in [2.45, 2.75) is 19.3 Å². The van der Waals surface area contributed by atoms with Crippen molar-refractivity contribution >= 4 is 5.78 Å². The molecule has 1 aromatic heterocycles. The molecule has 0 aliphatic heterocycles. The molecule has 1 aliphatic carbocycles. The molecule has 0 radical (unpaired) electrons. The molecule has 0 bridgehead atoms. The lowest BCUT2D eigenvalue weighted by Crippen LogP contribution is -2.12. The number of carbonyl (C=O) groups is 1. The number of aryl methyl sites for hydroxylation is 1. The molecule has 1 heterocycles. The second-order valence-corrected chi connectivity index (χ2v) is 2.98. The van der Waals surface area contributed by atoms with Crippen LogP contribution < -0.4 is 0 Å². The summed E-state index contributed by atoms with van der Waals surface area (Å²) in [5, 5.41) is 9.10. The number of carbonyl (C=O) groups excluding carboxylic acids is 1. The number of aromatic hydroxyl groups is 1. The quantitative estimate of drug-likeness (QED) is 0.627. The van der Waals surface area contributed by atoms with Gasteiger partial charge in [0, 0.05) is 6.42 Å². The molecule has 1 N–H and O–H groups in total. The van der Waals surface area contributed by atoms with Gasteiger partial charge in [0.15, 0.2) is 5.78 Å². The molecule has 0 saturated carbocycles. The molecule has 0 amide bonds. The monoisotopic (exact) mass is 163 g/mol. The van der Waals surface area contributed by atoms with Crippen LogP contribution >= 0.6 is 0 Å². The van der Waals surface area contributed by atoms with Crippen molar-refractivity contribution in [1.82, 2.24) is 4.98 Å². The highest BCUT2D eigenvalue weighted by Gasteiger charge is 2.18. The van der Waals surface area contributed by atoms with Gasteiger partial charge in [0.1, 0.15) is 11.4 Å². The number of hydrogen-bond donors (Lipinski definition) is 1. The minimum atomic E-state index is 0.0938. The summed E-state index contributed by atoms with van der Waals surface area (Å²) in [4.78, 5) is 15.2. The van der Waals surface area contributed by atoms with Crippen molar-refractivity contribution in [3.63, 3.8) is 0 Å². The van der Waals surface area contributed by atoms with E-state index in [1.807, 2.05) is 0 Å². The molecule has 0 unspecified atom stereocenters. The Kier molecular flexibility index (Phi) is 1.57. The average molecular weight is 163 g/mol. The van der Waals surface area contributed by atoms with Gasteiger partial charge in [0.25, 0.3) is 0 Å². The van der Waals surface area contributed by atoms with E-state index in [2.05, 4.69) is 4.98 Å². The summed E-state index contributed by atoms with van der Waals surface area (Å²) >= 11 is 0. The molecule has 3 nitrogen and oxygen atoms in total. The third kappa shape index (κ3) is 1.07. The number of hydrogen-bond acceptors (Lipinski definition) is 3. The Morgan fingerprint density at radius 3 is 3.08 bits per heavy atom. The molecular weight excluding hydrogens is 154 g/mol. The van der Waals surface area contributed by atoms with Gasteiger partial charge in [0.2, 0.25) is 0 Å². The second kappa shape index (κ2) is 2.59. The van der Waals surface area contributed by atoms with E-state index in [0.717, 1.165) is 18.4 Å². The minimum Gasteiger partial charge on any atom is -0.506 e. The van der Waals surface area contributed by atoms with E-state index in [0.29, 0.717) is 12.1 Å². The van der Waals surface area contributed by atoms with Crippen molar-refractivity contribution in [2.75, 3.05) is 0 Å². The number of rotatable bonds is 0. The smallest absolute Gasteiger partial charge is 0.181 e. The summed E-state index contributed by atoms with van der Waals surface area (Å²) in [6.45, 7) is 0. The Labute approximate surface area is 70.1 Å². The maximum atomic E-state index is 11.3. The van der Waals surface area contributed by atoms with Crippen LogP contribution in [0.25, 0.3) is 0 Å². The molecule has 3 heteroatoms. The lowest BCUT2D eigenvalue weighted by molar-refractivity contribution is 0.0967. The maximum Gasteiger partial charge on any atom is 0.181 e. The summed E-state index contributed by atoms with van der Waals surface area (Å²) in [6, 6.07) is 1.62. The molecule has 2 rings (SSSR count). The van der Waals surface area contributed by atoms with Gasteiger partial charge in [-0.05, 0) is 24.5 Å². The van der Waals surface area contributed by atoms with Gasteiger partial charge in [-0.3, -0.25) is 4.79 Å². The zero-order chi connectivity index (χ0) is 8.55. The topological polar surface area (TPSA) is 50.2 Å². The largest absolute Gasteiger partial charge is 0.506 e. The summed E-state index contributed by atoms with van der Waals surface area (Å²) in [6.07, 6.45) is 3.63. The highest BCUT2D eigenvalue weighted by atomic mass is 16.3. The fourth-order valence-corrected chi connectivity index (χ4v) is 1.50. The fourth-order valence-electron chi connectivity index (χ4n) is 1.50. The second-order valence-electron chi connectivity index (χ2n) is 2.98. The third-order valence-electron chi connectivity index (χ3n) is 2.07. The van der Waals surface area contributed by atoms with Crippen molar-refractivity contribution < 1.29 is 9.90 Å². The standard InChI is InChI=1S/C9H9NO2/c11-7-4-6-2-1-3-8(12)9(6)10-5-7/h4-5,11H,1-3H2. The van der Waals surface area contributed by atoms with E-state index in [1.54, 1.807) is 6.07 Å². The Morgan fingerprint density at radius 1 is 1.42 bits per heavy atom. The van der Waals surface area contributed by atoms with E-state index < -0.39 is 0 Å². The van der Waals surface area contributed by atoms with Crippen molar-refractivity contribution in [3.8, 4) is 5.75 Å². The first kappa shape index (κ1) is 7.28. The average Bonchev–Trinajstić information content (AvgIpc) is 2.04. The number of aromatic nitrogens is 1. The van der Waals surface area contributed by atoms with Gasteiger partial charge in [-0.1, -0.05) is 0 Å². The molecule has 0 aromatic carbocycles. The van der Waals surface area contributed by atoms with Crippen LogP contribution in [0.4, 0.5) is 0 Å². The zero-order valence-electron chi connectivity index (χ0n) is 6.58. The van der Waals surface area contributed by atoms with E-state index >= 15 is 0 Å². The van der Waals surface area contributed by atoms with E-state index in [9.17, 15) is 4.79 Å². The van der Waals surface area contributed by atoms with Crippen LogP contribution in [0.2, 0.25) is 0 Å². The first-order chi connectivity index (χ1) is 5.77. The van der Waals surface area contributed by atoms with Crippen LogP contribution in [0, 0.1) is 0 Å². The van der Waals surface area contributed by atoms with Crippen LogP contribution in [-0.2, 0) is 6.42 Å². The number of pyridine rings is 1. The Balaban J connectivity index is 2.53. The van der Waals surface area contributed by atoms with E-state index in [4.69, 9.17) is 5.11 Å². The molecule has 0 spiro atoms. The van der Waals surface area contributed by atoms with Crippen LogP contribution in [-0.4, -0.2) is 15.9 Å². The molecule has 1 aliphatic rings. The number of ketones is 1. The van der Waals surface area contributed by atoms with Crippen LogP contribution in [0.1, 0.15) is 28.9 Å². The molecule has 0 atom stereocenters. The minimum absolute atomic E-state index is 0.0938. The third-order valence-corrected chi connectivity index (χ3v) is 2.07. The SMILES string of the molecule is O=C1CCCc2cc(O)cnc21. The lowest BCUT2D eigenvalue weighted by atomic mass is 9.95. The molecule has 0 fully saturated rings. The van der Waals surface area contributed by atoms with Crippen molar-refractivity contribution in [3.05, 3.63) is 23.5 Å². The van der Waals surface area contributed by atoms with E-state index in [1.165, 1.54) is 6.20 Å². The van der Waals surface area contributed by atoms with Crippen molar-refractivity contribution in [1.29, 1.82) is 0 Å². The Bertz CT molecular complexity index is 333. The van der Waals surface area contributed by atoms with Gasteiger partial charge in [-0.2, -0.15) is 0 Å². The van der Waals surface area contributed by atoms with Crippen LogP contribution in [0.3, 0.4) is 0 Å². The number of nitrogens with zero attached hydrogens (tertiary/aromatic N) is 1. The van der Waals surface area contributed by atoms with E-state index in [-0.39, 0.29) is 11.5 Å². The zero-order valence-corrected chi connectivity index (χ0v) is 6.58. The van der Waals surface area contributed by atoms with Crippen LogP contribution in [0.5, 0.6) is 5.75 Å². The van der Waals surface area contributed by atoms with Gasteiger partial charge >= 0.3 is 0 Å². The first-order valence-electron chi connectivity index (χ1n) is 3.98. The highest BCUT2D eigenvalue weighted by molar-refractivity contribution is 5.96. The number of fused-ring (bicyclic) bond motifs is 1. The lowest BCUT2D eigenvalue weighted by Gasteiger charge is -2.12. The fraction of sp³-hybridized carbons (Fsp3) is 0.333. The highest BCUT2D eigenvalue weighted by Crippen LogP contribution is 2.22. The molecular formula is C9H9NO2. The van der Waals surface area contributed by atoms with Gasteiger partial charge in [0.05, 0.1) is 6.20 Å². The normalized spacial score (nSPS) is 15.8. The Hall–Kier alpha value is -1.38. The van der Waals surface area contributed by atoms with Crippen molar-refractivity contribution in [2.24, 2.45) is 0 Å². The van der Waals surface area contributed by atoms with Gasteiger partial charge in [-0.25, -0.2) is 4.98 Å². The molecule has 0 saturated heterocycles. The van der Waals surface area contributed by atoms with Crippen LogP contribution in [0.15, 0.2) is 12.3 Å². The molecule has 12 heavy (non-hydrogen) atoms. The first-order valence-corrected chi connectivity index (χ1v) is 3.98. The van der Waals surface area contributed by atoms with Gasteiger partial charge in [-0.15, -0.1) is 0 Å². The van der Waals surface area contributed by atoms with Gasteiger partial charge < -0.3 is 5.11 Å². The predicted octanol–water partition coefficient (Wildman–Crippen LogP) is 1.31. The summed E-state index contributed by atoms with van der Waals surface area (Å²) in [5.41, 5.74) is 1.42.